The Morgan fingerprint density at radius 2 is 2.00 bits per heavy atom. The molecule has 25 heavy (non-hydrogen) atoms. The van der Waals surface area contributed by atoms with Gasteiger partial charge in [-0.05, 0) is 24.3 Å². The first-order chi connectivity index (χ1) is 12.2. The molecule has 122 valence electrons. The number of aromatic nitrogens is 3. The lowest BCUT2D eigenvalue weighted by molar-refractivity contribution is 0.102. The Morgan fingerprint density at radius 1 is 1.08 bits per heavy atom. The molecule has 3 aromatic heterocycles. The van der Waals surface area contributed by atoms with Crippen LogP contribution < -0.4 is 5.32 Å². The van der Waals surface area contributed by atoms with Crippen LogP contribution in [0.15, 0.2) is 59.6 Å². The first-order valence-electron chi connectivity index (χ1n) is 7.42. The number of benzene rings is 1. The molecule has 4 aromatic rings. The molecule has 0 atom stereocenters. The number of nitrogens with one attached hydrogen (secondary N) is 1. The van der Waals surface area contributed by atoms with E-state index in [1.807, 2.05) is 24.3 Å². The predicted molar refractivity (Wildman–Crippen MR) is 95.0 cm³/mol. The van der Waals surface area contributed by atoms with Crippen LogP contribution in [0, 0.1) is 5.95 Å². The van der Waals surface area contributed by atoms with Gasteiger partial charge in [0.25, 0.3) is 5.91 Å². The third kappa shape index (κ3) is 3.09. The number of halogens is 1. The predicted octanol–water partition coefficient (Wildman–Crippen LogP) is 4.14. The summed E-state index contributed by atoms with van der Waals surface area (Å²) < 4.78 is 13.0. The van der Waals surface area contributed by atoms with E-state index in [9.17, 15) is 9.18 Å². The number of rotatable bonds is 3. The van der Waals surface area contributed by atoms with E-state index >= 15 is 0 Å². The minimum atomic E-state index is -0.541. The first-order valence-corrected chi connectivity index (χ1v) is 8.36. The van der Waals surface area contributed by atoms with Crippen LogP contribution in [-0.4, -0.2) is 20.9 Å². The standard InChI is InChI=1S/C18H11FN4OS/c19-16-7-5-12(8-20-16)13-6-4-11-2-1-3-14(17(11)22-13)23-18(24)15-9-25-10-21-15/h1-10H,(H,23,24). The van der Waals surface area contributed by atoms with Crippen molar-refractivity contribution in [3.63, 3.8) is 0 Å². The number of nitrogens with zero attached hydrogens (tertiary/aromatic N) is 3. The molecule has 5 nitrogen and oxygen atoms in total. The van der Waals surface area contributed by atoms with Gasteiger partial charge in [0.05, 0.1) is 22.4 Å². The van der Waals surface area contributed by atoms with Crippen molar-refractivity contribution >= 4 is 33.8 Å². The van der Waals surface area contributed by atoms with Crippen LogP contribution in [0.3, 0.4) is 0 Å². The second-order valence-corrected chi connectivity index (χ2v) is 5.99. The van der Waals surface area contributed by atoms with Crippen molar-refractivity contribution in [3.8, 4) is 11.3 Å². The van der Waals surface area contributed by atoms with E-state index in [0.29, 0.717) is 28.2 Å². The molecule has 0 saturated carbocycles. The van der Waals surface area contributed by atoms with Crippen LogP contribution in [0.25, 0.3) is 22.2 Å². The lowest BCUT2D eigenvalue weighted by Crippen LogP contribution is -2.12. The van der Waals surface area contributed by atoms with Crippen molar-refractivity contribution < 1.29 is 9.18 Å². The third-order valence-corrected chi connectivity index (χ3v) is 4.24. The SMILES string of the molecule is O=C(Nc1cccc2ccc(-c3ccc(F)nc3)nc12)c1cscn1. The molecule has 1 N–H and O–H groups in total. The number of hydrogen-bond donors (Lipinski definition) is 1. The maximum absolute atomic E-state index is 13.0. The summed E-state index contributed by atoms with van der Waals surface area (Å²) in [7, 11) is 0. The molecule has 0 bridgehead atoms. The normalized spacial score (nSPS) is 10.8. The van der Waals surface area contributed by atoms with Gasteiger partial charge in [-0.1, -0.05) is 18.2 Å². The minimum Gasteiger partial charge on any atom is -0.319 e. The molecule has 0 saturated heterocycles. The van der Waals surface area contributed by atoms with Gasteiger partial charge in [-0.15, -0.1) is 11.3 Å². The summed E-state index contributed by atoms with van der Waals surface area (Å²) in [5.74, 6) is -0.829. The highest BCUT2D eigenvalue weighted by Crippen LogP contribution is 2.26. The van der Waals surface area contributed by atoms with E-state index in [0.717, 1.165) is 5.39 Å². The van der Waals surface area contributed by atoms with Crippen molar-refractivity contribution in [3.05, 3.63) is 71.2 Å². The van der Waals surface area contributed by atoms with Crippen molar-refractivity contribution in [1.29, 1.82) is 0 Å². The van der Waals surface area contributed by atoms with Gasteiger partial charge < -0.3 is 5.32 Å². The van der Waals surface area contributed by atoms with Crippen LogP contribution in [-0.2, 0) is 0 Å². The molecule has 7 heteroatoms. The number of anilines is 1. The van der Waals surface area contributed by atoms with Crippen LogP contribution >= 0.6 is 11.3 Å². The van der Waals surface area contributed by atoms with E-state index in [1.165, 1.54) is 23.6 Å². The third-order valence-electron chi connectivity index (χ3n) is 3.66. The average Bonchev–Trinajstić information content (AvgIpc) is 3.17. The lowest BCUT2D eigenvalue weighted by atomic mass is 10.1. The fourth-order valence-electron chi connectivity index (χ4n) is 2.45. The number of hydrogen-bond acceptors (Lipinski definition) is 5. The summed E-state index contributed by atoms with van der Waals surface area (Å²) in [4.78, 5) is 24.5. The summed E-state index contributed by atoms with van der Waals surface area (Å²) in [6, 6.07) is 12.2. The summed E-state index contributed by atoms with van der Waals surface area (Å²) in [6.07, 6.45) is 1.43. The number of pyridine rings is 2. The van der Waals surface area contributed by atoms with Crippen LogP contribution in [0.1, 0.15) is 10.5 Å². The number of carbonyl (C=O) groups excluding carboxylic acids is 1. The second-order valence-electron chi connectivity index (χ2n) is 5.27. The largest absolute Gasteiger partial charge is 0.319 e. The Hall–Kier alpha value is -3.19. The van der Waals surface area contributed by atoms with Gasteiger partial charge in [0.2, 0.25) is 5.95 Å². The summed E-state index contributed by atoms with van der Waals surface area (Å²) >= 11 is 1.36. The molecule has 1 amide bonds. The van der Waals surface area contributed by atoms with E-state index in [4.69, 9.17) is 0 Å². The quantitative estimate of drug-likeness (QED) is 0.564. The van der Waals surface area contributed by atoms with Crippen molar-refractivity contribution in [2.24, 2.45) is 0 Å². The fourth-order valence-corrected chi connectivity index (χ4v) is 2.98. The highest BCUT2D eigenvalue weighted by atomic mass is 32.1. The maximum Gasteiger partial charge on any atom is 0.275 e. The van der Waals surface area contributed by atoms with E-state index < -0.39 is 5.95 Å². The van der Waals surface area contributed by atoms with Gasteiger partial charge in [-0.3, -0.25) is 4.79 Å². The van der Waals surface area contributed by atoms with Crippen molar-refractivity contribution in [1.82, 2.24) is 15.0 Å². The Labute approximate surface area is 146 Å². The van der Waals surface area contributed by atoms with E-state index in [1.54, 1.807) is 23.0 Å². The number of para-hydroxylation sites is 1. The topological polar surface area (TPSA) is 67.8 Å². The second kappa shape index (κ2) is 6.37. The molecule has 0 radical (unpaired) electrons. The molecule has 0 aliphatic heterocycles. The number of amides is 1. The smallest absolute Gasteiger partial charge is 0.275 e. The van der Waals surface area contributed by atoms with Crippen molar-refractivity contribution in [2.75, 3.05) is 5.32 Å². The van der Waals surface area contributed by atoms with E-state index in [-0.39, 0.29) is 5.91 Å². The van der Waals surface area contributed by atoms with Gasteiger partial charge in [0, 0.05) is 22.5 Å². The summed E-state index contributed by atoms with van der Waals surface area (Å²) in [5.41, 5.74) is 4.55. The van der Waals surface area contributed by atoms with Gasteiger partial charge in [-0.2, -0.15) is 4.39 Å². The summed E-state index contributed by atoms with van der Waals surface area (Å²) in [6.45, 7) is 0. The van der Waals surface area contributed by atoms with Gasteiger partial charge in [0.15, 0.2) is 0 Å². The van der Waals surface area contributed by atoms with Crippen LogP contribution in [0.5, 0.6) is 0 Å². The zero-order valence-corrected chi connectivity index (χ0v) is 13.6. The van der Waals surface area contributed by atoms with Gasteiger partial charge >= 0.3 is 0 Å². The minimum absolute atomic E-state index is 0.288. The van der Waals surface area contributed by atoms with E-state index in [2.05, 4.69) is 20.3 Å². The monoisotopic (exact) mass is 350 g/mol. The molecule has 3 heterocycles. The fraction of sp³-hybridized carbons (Fsp3) is 0. The number of thiazole rings is 1. The molecule has 4 rings (SSSR count). The van der Waals surface area contributed by atoms with Gasteiger partial charge in [0.1, 0.15) is 5.69 Å². The number of fused-ring (bicyclic) bond motifs is 1. The zero-order chi connectivity index (χ0) is 17.2. The lowest BCUT2D eigenvalue weighted by Gasteiger charge is -2.09. The highest BCUT2D eigenvalue weighted by molar-refractivity contribution is 7.07. The Balaban J connectivity index is 1.75. The molecular formula is C18H11FN4OS. The highest BCUT2D eigenvalue weighted by Gasteiger charge is 2.11. The first kappa shape index (κ1) is 15.3. The Kier molecular flexibility index (Phi) is 3.91. The number of carbonyl (C=O) groups is 1. The molecule has 0 spiro atoms. The van der Waals surface area contributed by atoms with Gasteiger partial charge in [-0.25, -0.2) is 15.0 Å². The molecule has 0 unspecified atom stereocenters. The molecule has 0 fully saturated rings. The van der Waals surface area contributed by atoms with Crippen LogP contribution in [0.2, 0.25) is 0 Å². The molecule has 0 aliphatic carbocycles. The molecule has 0 aliphatic rings. The molecular weight excluding hydrogens is 339 g/mol. The van der Waals surface area contributed by atoms with Crippen LogP contribution in [0.4, 0.5) is 10.1 Å². The Morgan fingerprint density at radius 3 is 2.76 bits per heavy atom. The summed E-state index contributed by atoms with van der Waals surface area (Å²) in [5, 5.41) is 5.41. The average molecular weight is 350 g/mol. The van der Waals surface area contributed by atoms with Crippen molar-refractivity contribution in [2.45, 2.75) is 0 Å². The molecule has 1 aromatic carbocycles. The zero-order valence-electron chi connectivity index (χ0n) is 12.8. The Bertz CT molecular complexity index is 1050. The maximum atomic E-state index is 13.0.